The quantitative estimate of drug-likeness (QED) is 0.671. The first-order chi connectivity index (χ1) is 15.9. The van der Waals surface area contributed by atoms with Crippen molar-refractivity contribution in [1.29, 1.82) is 0 Å². The normalized spacial score (nSPS) is 30.9. The van der Waals surface area contributed by atoms with Gasteiger partial charge < -0.3 is 10.2 Å². The number of piperidine rings is 1. The van der Waals surface area contributed by atoms with E-state index in [1.165, 1.54) is 43.4 Å². The van der Waals surface area contributed by atoms with Crippen molar-refractivity contribution in [3.63, 3.8) is 0 Å². The Hall–Kier alpha value is -2.28. The predicted octanol–water partition coefficient (Wildman–Crippen LogP) is 3.22. The SMILES string of the molecule is O=C1CCC(N2Cc3c(ccc(C[C@H]4CCCC[C@@H]4NC4CC5(CC5)C4)c3F)C2=O)C(=O)N1. The van der Waals surface area contributed by atoms with Gasteiger partial charge in [-0.1, -0.05) is 18.9 Å². The highest BCUT2D eigenvalue weighted by Crippen LogP contribution is 2.60. The molecule has 33 heavy (non-hydrogen) atoms. The minimum atomic E-state index is -0.713. The molecular weight excluding hydrogens is 421 g/mol. The third-order valence-electron chi connectivity index (χ3n) is 8.89. The van der Waals surface area contributed by atoms with Gasteiger partial charge in [-0.25, -0.2) is 4.39 Å². The van der Waals surface area contributed by atoms with Crippen LogP contribution in [-0.2, 0) is 22.6 Å². The summed E-state index contributed by atoms with van der Waals surface area (Å²) >= 11 is 0. The maximum absolute atomic E-state index is 15.6. The van der Waals surface area contributed by atoms with Gasteiger partial charge in [-0.15, -0.1) is 0 Å². The molecule has 6 nitrogen and oxygen atoms in total. The fraction of sp³-hybridized carbons (Fsp3) is 0.654. The molecule has 1 aromatic carbocycles. The average Bonchev–Trinajstić information content (AvgIpc) is 3.49. The van der Waals surface area contributed by atoms with Crippen molar-refractivity contribution in [1.82, 2.24) is 15.5 Å². The molecule has 3 amide bonds. The Labute approximate surface area is 193 Å². The van der Waals surface area contributed by atoms with Crippen LogP contribution in [-0.4, -0.2) is 40.7 Å². The third kappa shape index (κ3) is 3.78. The molecule has 7 heteroatoms. The van der Waals surface area contributed by atoms with Crippen molar-refractivity contribution in [3.8, 4) is 0 Å². The van der Waals surface area contributed by atoms with Gasteiger partial charge in [0.15, 0.2) is 0 Å². The van der Waals surface area contributed by atoms with E-state index >= 15 is 4.39 Å². The van der Waals surface area contributed by atoms with Crippen LogP contribution < -0.4 is 10.6 Å². The summed E-state index contributed by atoms with van der Waals surface area (Å²) < 4.78 is 15.6. The van der Waals surface area contributed by atoms with Crippen molar-refractivity contribution in [2.75, 3.05) is 0 Å². The molecule has 6 rings (SSSR count). The van der Waals surface area contributed by atoms with E-state index < -0.39 is 11.9 Å². The van der Waals surface area contributed by atoms with Crippen LogP contribution >= 0.6 is 0 Å². The molecule has 1 unspecified atom stereocenters. The van der Waals surface area contributed by atoms with E-state index in [2.05, 4.69) is 10.6 Å². The van der Waals surface area contributed by atoms with Gasteiger partial charge in [-0.3, -0.25) is 19.7 Å². The molecule has 176 valence electrons. The van der Waals surface area contributed by atoms with Crippen LogP contribution in [0.25, 0.3) is 0 Å². The Morgan fingerprint density at radius 1 is 1.09 bits per heavy atom. The van der Waals surface area contributed by atoms with Gasteiger partial charge in [-0.2, -0.15) is 0 Å². The number of amides is 3. The molecule has 5 aliphatic rings. The predicted molar refractivity (Wildman–Crippen MR) is 120 cm³/mol. The van der Waals surface area contributed by atoms with E-state index in [1.807, 2.05) is 0 Å². The van der Waals surface area contributed by atoms with Crippen molar-refractivity contribution in [3.05, 3.63) is 34.6 Å². The molecule has 3 saturated carbocycles. The first-order valence-corrected chi connectivity index (χ1v) is 12.6. The lowest BCUT2D eigenvalue weighted by molar-refractivity contribution is -0.136. The van der Waals surface area contributed by atoms with Gasteiger partial charge >= 0.3 is 0 Å². The lowest BCUT2D eigenvalue weighted by Crippen LogP contribution is -2.52. The summed E-state index contributed by atoms with van der Waals surface area (Å²) in [6, 6.07) is 3.86. The van der Waals surface area contributed by atoms with Crippen LogP contribution in [0.15, 0.2) is 12.1 Å². The number of carbonyl (C=O) groups is 3. The number of hydrogen-bond donors (Lipinski definition) is 2. The fourth-order valence-electron chi connectivity index (χ4n) is 6.76. The number of imide groups is 1. The second-order valence-corrected chi connectivity index (χ2v) is 11.1. The summed E-state index contributed by atoms with van der Waals surface area (Å²) in [4.78, 5) is 38.1. The monoisotopic (exact) mass is 453 g/mol. The Bertz CT molecular complexity index is 1010. The number of benzene rings is 1. The number of nitrogens with one attached hydrogen (secondary N) is 2. The van der Waals surface area contributed by atoms with Crippen LogP contribution in [0, 0.1) is 17.2 Å². The molecule has 2 aliphatic heterocycles. The van der Waals surface area contributed by atoms with Crippen LogP contribution in [0.4, 0.5) is 4.39 Å². The van der Waals surface area contributed by atoms with E-state index in [4.69, 9.17) is 0 Å². The minimum Gasteiger partial charge on any atom is -0.322 e. The van der Waals surface area contributed by atoms with Gasteiger partial charge in [0.05, 0.1) is 6.54 Å². The van der Waals surface area contributed by atoms with Crippen molar-refractivity contribution >= 4 is 17.7 Å². The maximum atomic E-state index is 15.6. The van der Waals surface area contributed by atoms with E-state index in [0.29, 0.717) is 46.5 Å². The molecule has 1 aromatic rings. The molecule has 0 radical (unpaired) electrons. The fourth-order valence-corrected chi connectivity index (χ4v) is 6.76. The molecule has 3 atom stereocenters. The van der Waals surface area contributed by atoms with E-state index in [1.54, 1.807) is 12.1 Å². The summed E-state index contributed by atoms with van der Waals surface area (Å²) in [5.41, 5.74) is 2.10. The lowest BCUT2D eigenvalue weighted by atomic mass is 9.74. The third-order valence-corrected chi connectivity index (χ3v) is 8.89. The summed E-state index contributed by atoms with van der Waals surface area (Å²) in [7, 11) is 0. The summed E-state index contributed by atoms with van der Waals surface area (Å²) in [6.45, 7) is 0.0939. The van der Waals surface area contributed by atoms with E-state index in [-0.39, 0.29) is 37.0 Å². The average molecular weight is 454 g/mol. The van der Waals surface area contributed by atoms with Crippen LogP contribution in [0.3, 0.4) is 0 Å². The second kappa shape index (κ2) is 7.90. The standard InChI is InChI=1S/C26H32FN3O3/c27-23-16(11-15-3-1-2-4-20(15)28-17-12-26(13-17)9-10-26)5-6-18-19(23)14-30(25(18)33)21-7-8-22(31)29-24(21)32/h5-6,15,17,20-21,28H,1-4,7-14H2,(H,29,31,32)/t15-,20+,21?/m1/s1. The summed E-state index contributed by atoms with van der Waals surface area (Å²) in [6.07, 6.45) is 11.3. The summed E-state index contributed by atoms with van der Waals surface area (Å²) in [5, 5.41) is 6.20. The maximum Gasteiger partial charge on any atom is 0.255 e. The molecule has 2 heterocycles. The zero-order chi connectivity index (χ0) is 22.7. The molecular formula is C26H32FN3O3. The number of rotatable bonds is 5. The van der Waals surface area contributed by atoms with Crippen molar-refractivity contribution in [2.24, 2.45) is 11.3 Å². The Balaban J connectivity index is 1.16. The molecule has 0 bridgehead atoms. The Kier molecular flexibility index (Phi) is 5.09. The number of hydrogen-bond acceptors (Lipinski definition) is 4. The van der Waals surface area contributed by atoms with Gasteiger partial charge in [0.2, 0.25) is 11.8 Å². The molecule has 2 N–H and O–H groups in total. The van der Waals surface area contributed by atoms with Crippen LogP contribution in [0.1, 0.15) is 85.7 Å². The largest absolute Gasteiger partial charge is 0.322 e. The Morgan fingerprint density at radius 2 is 1.88 bits per heavy atom. The van der Waals surface area contributed by atoms with Gasteiger partial charge in [0.25, 0.3) is 5.91 Å². The minimum absolute atomic E-state index is 0.0939. The first-order valence-electron chi connectivity index (χ1n) is 12.6. The summed E-state index contributed by atoms with van der Waals surface area (Å²) in [5.74, 6) is -0.987. The molecule has 1 saturated heterocycles. The number of halogens is 1. The van der Waals surface area contributed by atoms with Gasteiger partial charge in [0.1, 0.15) is 11.9 Å². The smallest absolute Gasteiger partial charge is 0.255 e. The number of nitrogens with zero attached hydrogens (tertiary/aromatic N) is 1. The van der Waals surface area contributed by atoms with Crippen molar-refractivity contribution < 1.29 is 18.8 Å². The molecule has 3 aliphatic carbocycles. The van der Waals surface area contributed by atoms with Crippen molar-refractivity contribution in [2.45, 2.75) is 95.3 Å². The highest BCUT2D eigenvalue weighted by molar-refractivity contribution is 6.05. The van der Waals surface area contributed by atoms with E-state index in [9.17, 15) is 14.4 Å². The zero-order valence-corrected chi connectivity index (χ0v) is 19.0. The van der Waals surface area contributed by atoms with Crippen LogP contribution in [0.2, 0.25) is 0 Å². The highest BCUT2D eigenvalue weighted by Gasteiger charge is 2.53. The molecule has 4 fully saturated rings. The zero-order valence-electron chi connectivity index (χ0n) is 19.0. The van der Waals surface area contributed by atoms with Gasteiger partial charge in [-0.05, 0) is 74.3 Å². The lowest BCUT2D eigenvalue weighted by Gasteiger charge is -2.42. The topological polar surface area (TPSA) is 78.5 Å². The number of carbonyl (C=O) groups excluding carboxylic acids is 3. The van der Waals surface area contributed by atoms with Crippen LogP contribution in [0.5, 0.6) is 0 Å². The first kappa shape index (κ1) is 21.3. The van der Waals surface area contributed by atoms with Gasteiger partial charge in [0, 0.05) is 29.6 Å². The molecule has 1 spiro atoms. The Morgan fingerprint density at radius 3 is 2.64 bits per heavy atom. The highest BCUT2D eigenvalue weighted by atomic mass is 19.1. The number of fused-ring (bicyclic) bond motifs is 1. The second-order valence-electron chi connectivity index (χ2n) is 11.1. The molecule has 0 aromatic heterocycles. The van der Waals surface area contributed by atoms with E-state index in [0.717, 1.165) is 12.8 Å².